The highest BCUT2D eigenvalue weighted by Gasteiger charge is 1.99. The second-order valence-corrected chi connectivity index (χ2v) is 2.74. The van der Waals surface area contributed by atoms with Gasteiger partial charge in [0, 0.05) is 11.1 Å². The van der Waals surface area contributed by atoms with Gasteiger partial charge in [0.25, 0.3) is 0 Å². The van der Waals surface area contributed by atoms with E-state index in [0.717, 1.165) is 5.69 Å². The van der Waals surface area contributed by atoms with Crippen molar-refractivity contribution in [2.24, 2.45) is 10.9 Å². The van der Waals surface area contributed by atoms with Crippen LogP contribution >= 0.6 is 12.2 Å². The second-order valence-electron chi connectivity index (χ2n) is 2.47. The van der Waals surface area contributed by atoms with Gasteiger partial charge in [0.2, 0.25) is 0 Å². The molecule has 3 N–H and O–H groups in total. The van der Waals surface area contributed by atoms with E-state index < -0.39 is 0 Å². The minimum absolute atomic E-state index is 0.0950. The lowest BCUT2D eigenvalue weighted by Crippen LogP contribution is -2.22. The molecule has 0 heterocycles. The third-order valence-electron chi connectivity index (χ3n) is 1.50. The van der Waals surface area contributed by atoms with Gasteiger partial charge in [-0.2, -0.15) is 5.10 Å². The van der Waals surface area contributed by atoms with Crippen molar-refractivity contribution in [2.75, 3.05) is 5.32 Å². The molecule has 0 aromatic heterocycles. The van der Waals surface area contributed by atoms with Gasteiger partial charge in [-0.25, -0.2) is 0 Å². The number of hydrogen-bond acceptors (Lipinski definition) is 4. The predicted octanol–water partition coefficient (Wildman–Crippen LogP) is 1.41. The first-order valence-corrected chi connectivity index (χ1v) is 4.34. The van der Waals surface area contributed by atoms with Crippen LogP contribution in [0, 0.1) is 0 Å². The molecule has 0 saturated carbocycles. The molecule has 4 heteroatoms. The Morgan fingerprint density at radius 2 is 2.08 bits per heavy atom. The third-order valence-corrected chi connectivity index (χ3v) is 1.79. The minimum Gasteiger partial charge on any atom is -0.373 e. The smallest absolute Gasteiger partial charge is 0.0920 e. The molecule has 1 aromatic carbocycles. The SMILES string of the molecule is NN=CC(C=S)Nc1ccccc1. The zero-order valence-corrected chi connectivity index (χ0v) is 7.87. The number of nitrogens with zero attached hydrogens (tertiary/aromatic N) is 1. The van der Waals surface area contributed by atoms with Gasteiger partial charge in [-0.15, -0.1) is 0 Å². The van der Waals surface area contributed by atoms with Gasteiger partial charge in [-0.3, -0.25) is 0 Å². The molecule has 1 aromatic rings. The van der Waals surface area contributed by atoms with E-state index in [1.807, 2.05) is 30.3 Å². The summed E-state index contributed by atoms with van der Waals surface area (Å²) in [4.78, 5) is 0. The molecule has 1 rings (SSSR count). The number of hydrazone groups is 1. The fraction of sp³-hybridized carbons (Fsp3) is 0.111. The van der Waals surface area contributed by atoms with Gasteiger partial charge in [-0.1, -0.05) is 30.4 Å². The fourth-order valence-corrected chi connectivity index (χ4v) is 1.06. The maximum absolute atomic E-state index is 5.02. The van der Waals surface area contributed by atoms with Crippen molar-refractivity contribution in [1.82, 2.24) is 0 Å². The van der Waals surface area contributed by atoms with E-state index in [2.05, 4.69) is 10.4 Å². The number of hydrogen-bond donors (Lipinski definition) is 2. The van der Waals surface area contributed by atoms with E-state index in [-0.39, 0.29) is 6.04 Å². The summed E-state index contributed by atoms with van der Waals surface area (Å²) in [6.07, 6.45) is 1.56. The van der Waals surface area contributed by atoms with Gasteiger partial charge in [0.15, 0.2) is 0 Å². The topological polar surface area (TPSA) is 50.4 Å². The summed E-state index contributed by atoms with van der Waals surface area (Å²) in [6, 6.07) is 9.66. The van der Waals surface area contributed by atoms with Crippen LogP contribution in [0.4, 0.5) is 5.69 Å². The molecule has 3 nitrogen and oxygen atoms in total. The maximum atomic E-state index is 5.02. The Bertz CT molecular complexity index is 284. The van der Waals surface area contributed by atoms with Gasteiger partial charge < -0.3 is 11.2 Å². The molecular formula is C9H11N3S. The Hall–Kier alpha value is -1.42. The number of nitrogens with one attached hydrogen (secondary N) is 1. The van der Waals surface area contributed by atoms with E-state index in [9.17, 15) is 0 Å². The van der Waals surface area contributed by atoms with Crippen LogP contribution in [0.2, 0.25) is 0 Å². The first kappa shape index (κ1) is 9.67. The molecular weight excluding hydrogens is 182 g/mol. The standard InChI is InChI=1S/C9H11N3S/c10-11-6-9(7-13)12-8-4-2-1-3-5-8/h1-7,9,12H,10H2. The summed E-state index contributed by atoms with van der Waals surface area (Å²) in [5.41, 5.74) is 0.994. The van der Waals surface area contributed by atoms with Crippen LogP contribution in [0.1, 0.15) is 0 Å². The molecule has 0 aliphatic heterocycles. The summed E-state index contributed by atoms with van der Waals surface area (Å²) in [7, 11) is 0. The zero-order chi connectivity index (χ0) is 9.52. The fourth-order valence-electron chi connectivity index (χ4n) is 0.926. The van der Waals surface area contributed by atoms with Gasteiger partial charge in [-0.05, 0) is 12.1 Å². The summed E-state index contributed by atoms with van der Waals surface area (Å²) < 4.78 is 0. The largest absolute Gasteiger partial charge is 0.373 e. The zero-order valence-electron chi connectivity index (χ0n) is 7.05. The quantitative estimate of drug-likeness (QED) is 0.329. The molecule has 0 spiro atoms. The van der Waals surface area contributed by atoms with Crippen LogP contribution in [0.3, 0.4) is 0 Å². The van der Waals surface area contributed by atoms with Crippen LogP contribution in [0.15, 0.2) is 35.4 Å². The molecule has 0 fully saturated rings. The van der Waals surface area contributed by atoms with Crippen LogP contribution in [0.5, 0.6) is 0 Å². The maximum Gasteiger partial charge on any atom is 0.0920 e. The van der Waals surface area contributed by atoms with Crippen LogP contribution in [-0.2, 0) is 0 Å². The third kappa shape index (κ3) is 3.21. The van der Waals surface area contributed by atoms with Gasteiger partial charge >= 0.3 is 0 Å². The average molecular weight is 193 g/mol. The lowest BCUT2D eigenvalue weighted by Gasteiger charge is -2.09. The van der Waals surface area contributed by atoms with Crippen molar-refractivity contribution < 1.29 is 0 Å². The highest BCUT2D eigenvalue weighted by atomic mass is 32.1. The van der Waals surface area contributed by atoms with Crippen molar-refractivity contribution >= 4 is 29.5 Å². The predicted molar refractivity (Wildman–Crippen MR) is 60.2 cm³/mol. The lowest BCUT2D eigenvalue weighted by molar-refractivity contribution is 1.20. The van der Waals surface area contributed by atoms with E-state index >= 15 is 0 Å². The normalized spacial score (nSPS) is 12.6. The van der Waals surface area contributed by atoms with Crippen molar-refractivity contribution in [3.63, 3.8) is 0 Å². The van der Waals surface area contributed by atoms with Gasteiger partial charge in [0.05, 0.1) is 12.3 Å². The molecule has 1 unspecified atom stereocenters. The summed E-state index contributed by atoms with van der Waals surface area (Å²) in [5, 5.41) is 8.13. The van der Waals surface area contributed by atoms with E-state index in [0.29, 0.717) is 0 Å². The Balaban J connectivity index is 2.62. The second kappa shape index (κ2) is 5.27. The highest BCUT2D eigenvalue weighted by Crippen LogP contribution is 2.05. The van der Waals surface area contributed by atoms with Crippen LogP contribution < -0.4 is 11.2 Å². The number of para-hydroxylation sites is 1. The monoisotopic (exact) mass is 193 g/mol. The molecule has 0 saturated heterocycles. The van der Waals surface area contributed by atoms with E-state index in [1.165, 1.54) is 0 Å². The number of benzene rings is 1. The Labute approximate surface area is 82.6 Å². The van der Waals surface area contributed by atoms with Crippen molar-refractivity contribution in [3.05, 3.63) is 30.3 Å². The van der Waals surface area contributed by atoms with Crippen LogP contribution in [-0.4, -0.2) is 17.6 Å². The number of anilines is 1. The number of thiocarbonyl (C=S) groups is 1. The van der Waals surface area contributed by atoms with Crippen molar-refractivity contribution in [2.45, 2.75) is 6.04 Å². The Morgan fingerprint density at radius 3 is 2.62 bits per heavy atom. The Morgan fingerprint density at radius 1 is 1.38 bits per heavy atom. The van der Waals surface area contributed by atoms with E-state index in [4.69, 9.17) is 18.1 Å². The molecule has 0 bridgehead atoms. The molecule has 68 valence electrons. The molecule has 0 aliphatic carbocycles. The molecule has 0 amide bonds. The van der Waals surface area contributed by atoms with Gasteiger partial charge in [0.1, 0.15) is 0 Å². The van der Waals surface area contributed by atoms with Crippen molar-refractivity contribution in [1.29, 1.82) is 0 Å². The summed E-state index contributed by atoms with van der Waals surface area (Å²) in [5.74, 6) is 5.02. The molecule has 0 radical (unpaired) electrons. The Kier molecular flexibility index (Phi) is 3.92. The molecule has 13 heavy (non-hydrogen) atoms. The summed E-state index contributed by atoms with van der Waals surface area (Å²) >= 11 is 4.80. The highest BCUT2D eigenvalue weighted by molar-refractivity contribution is 7.79. The molecule has 1 atom stereocenters. The summed E-state index contributed by atoms with van der Waals surface area (Å²) in [6.45, 7) is 0. The average Bonchev–Trinajstić information content (AvgIpc) is 2.19. The first-order valence-electron chi connectivity index (χ1n) is 3.87. The number of nitrogens with two attached hydrogens (primary N) is 1. The van der Waals surface area contributed by atoms with E-state index in [1.54, 1.807) is 11.6 Å². The number of rotatable bonds is 4. The minimum atomic E-state index is -0.0950. The van der Waals surface area contributed by atoms with Crippen molar-refractivity contribution in [3.8, 4) is 0 Å². The first-order chi connectivity index (χ1) is 6.36. The van der Waals surface area contributed by atoms with Crippen LogP contribution in [0.25, 0.3) is 0 Å². The molecule has 0 aliphatic rings. The lowest BCUT2D eigenvalue weighted by atomic mass is 10.3.